The number of benzene rings is 2. The molecule has 1 unspecified atom stereocenters. The van der Waals surface area contributed by atoms with Crippen LogP contribution in [0.15, 0.2) is 89.9 Å². The summed E-state index contributed by atoms with van der Waals surface area (Å²) in [6, 6.07) is 23.7. The molecule has 0 radical (unpaired) electrons. The molecule has 1 atom stereocenters. The lowest BCUT2D eigenvalue weighted by atomic mass is 10.0. The lowest BCUT2D eigenvalue weighted by molar-refractivity contribution is 0.0934. The van der Waals surface area contributed by atoms with Gasteiger partial charge in [-0.3, -0.25) is 14.6 Å². The Bertz CT molecular complexity index is 1280. The third kappa shape index (κ3) is 5.13. The first-order chi connectivity index (χ1) is 15.5. The van der Waals surface area contributed by atoms with Gasteiger partial charge < -0.3 is 10.3 Å². The summed E-state index contributed by atoms with van der Waals surface area (Å²) in [7, 11) is 0. The van der Waals surface area contributed by atoms with Gasteiger partial charge in [0.15, 0.2) is 0 Å². The molecular weight excluding hydrogens is 422 g/mol. The monoisotopic (exact) mass is 443 g/mol. The minimum Gasteiger partial charge on any atom is -0.343 e. The van der Waals surface area contributed by atoms with E-state index in [1.54, 1.807) is 18.3 Å². The van der Waals surface area contributed by atoms with Crippen molar-refractivity contribution >= 4 is 17.5 Å². The van der Waals surface area contributed by atoms with Crippen molar-refractivity contribution in [1.82, 2.24) is 15.3 Å². The van der Waals surface area contributed by atoms with Crippen molar-refractivity contribution in [2.75, 3.05) is 0 Å². The molecule has 0 fully saturated rings. The average Bonchev–Trinajstić information content (AvgIpc) is 2.80. The van der Waals surface area contributed by atoms with Gasteiger partial charge in [0.1, 0.15) is 5.56 Å². The van der Waals surface area contributed by atoms with Gasteiger partial charge in [0.2, 0.25) is 0 Å². The van der Waals surface area contributed by atoms with Gasteiger partial charge in [-0.25, -0.2) is 0 Å². The van der Waals surface area contributed by atoms with Crippen molar-refractivity contribution < 1.29 is 4.79 Å². The molecule has 1 amide bonds. The molecule has 160 valence electrons. The third-order valence-electron chi connectivity index (χ3n) is 5.19. The van der Waals surface area contributed by atoms with Crippen LogP contribution in [0.2, 0.25) is 5.02 Å². The second kappa shape index (κ2) is 9.62. The molecular formula is C26H22ClN3O2. The van der Waals surface area contributed by atoms with E-state index in [4.69, 9.17) is 11.6 Å². The number of nitrogens with one attached hydrogen (secondary N) is 2. The first-order valence-electron chi connectivity index (χ1n) is 10.3. The van der Waals surface area contributed by atoms with Crippen LogP contribution in [-0.4, -0.2) is 15.9 Å². The predicted octanol–water partition coefficient (Wildman–Crippen LogP) is 5.11. The fourth-order valence-electron chi connectivity index (χ4n) is 3.54. The van der Waals surface area contributed by atoms with E-state index in [2.05, 4.69) is 15.3 Å². The van der Waals surface area contributed by atoms with Crippen LogP contribution in [0.1, 0.15) is 33.2 Å². The van der Waals surface area contributed by atoms with Gasteiger partial charge in [-0.05, 0) is 66.9 Å². The highest BCUT2D eigenvalue weighted by Gasteiger charge is 2.20. The second-order valence-electron chi connectivity index (χ2n) is 7.60. The lowest BCUT2D eigenvalue weighted by Gasteiger charge is -2.18. The largest absolute Gasteiger partial charge is 0.343 e. The zero-order valence-corrected chi connectivity index (χ0v) is 18.3. The Morgan fingerprint density at radius 2 is 1.84 bits per heavy atom. The topological polar surface area (TPSA) is 74.8 Å². The maximum absolute atomic E-state index is 13.0. The quantitative estimate of drug-likeness (QED) is 0.434. The molecule has 4 aromatic rings. The summed E-state index contributed by atoms with van der Waals surface area (Å²) in [5, 5.41) is 3.61. The van der Waals surface area contributed by atoms with E-state index in [1.807, 2.05) is 73.7 Å². The van der Waals surface area contributed by atoms with Crippen molar-refractivity contribution in [3.05, 3.63) is 123 Å². The number of hydrogen-bond donors (Lipinski definition) is 2. The SMILES string of the molecule is Cc1cccc(-c2ccc(C(=O)NC(Cc3ccc(Cl)cc3)c3ccccn3)c(=O)[nH]2)c1. The summed E-state index contributed by atoms with van der Waals surface area (Å²) in [5.41, 5.74) is 3.97. The van der Waals surface area contributed by atoms with Crippen LogP contribution < -0.4 is 10.9 Å². The number of nitrogens with zero attached hydrogens (tertiary/aromatic N) is 1. The van der Waals surface area contributed by atoms with Crippen molar-refractivity contribution in [2.45, 2.75) is 19.4 Å². The fourth-order valence-corrected chi connectivity index (χ4v) is 3.66. The number of pyridine rings is 2. The van der Waals surface area contributed by atoms with Crippen LogP contribution in [0.4, 0.5) is 0 Å². The first kappa shape index (κ1) is 21.5. The van der Waals surface area contributed by atoms with E-state index in [-0.39, 0.29) is 5.56 Å². The van der Waals surface area contributed by atoms with Crippen molar-refractivity contribution in [2.24, 2.45) is 0 Å². The normalized spacial score (nSPS) is 11.7. The van der Waals surface area contributed by atoms with Crippen LogP contribution in [0.25, 0.3) is 11.3 Å². The third-order valence-corrected chi connectivity index (χ3v) is 5.44. The standard InChI is InChI=1S/C26H22ClN3O2/c1-17-5-4-6-19(15-17)22-13-12-21(25(31)29-22)26(32)30-24(23-7-2-3-14-28-23)16-18-8-10-20(27)11-9-18/h2-15,24H,16H2,1H3,(H,29,31)(H,30,32). The number of hydrogen-bond acceptors (Lipinski definition) is 3. The number of rotatable bonds is 6. The molecule has 2 aromatic carbocycles. The number of halogens is 1. The molecule has 0 aliphatic carbocycles. The fraction of sp³-hybridized carbons (Fsp3) is 0.115. The summed E-state index contributed by atoms with van der Waals surface area (Å²) in [4.78, 5) is 32.9. The maximum atomic E-state index is 13.0. The molecule has 6 heteroatoms. The molecule has 0 saturated heterocycles. The van der Waals surface area contributed by atoms with E-state index < -0.39 is 17.5 Å². The lowest BCUT2D eigenvalue weighted by Crippen LogP contribution is -2.34. The van der Waals surface area contributed by atoms with Crippen LogP contribution in [0.5, 0.6) is 0 Å². The number of carbonyl (C=O) groups excluding carboxylic acids is 1. The van der Waals surface area contributed by atoms with E-state index in [9.17, 15) is 9.59 Å². The molecule has 5 nitrogen and oxygen atoms in total. The van der Waals surface area contributed by atoms with E-state index >= 15 is 0 Å². The number of aryl methyl sites for hydroxylation is 1. The van der Waals surface area contributed by atoms with Crippen LogP contribution in [-0.2, 0) is 6.42 Å². The number of H-pyrrole nitrogens is 1. The molecule has 0 saturated carbocycles. The van der Waals surface area contributed by atoms with Gasteiger partial charge in [-0.15, -0.1) is 0 Å². The number of aromatic amines is 1. The van der Waals surface area contributed by atoms with E-state index in [0.29, 0.717) is 22.8 Å². The summed E-state index contributed by atoms with van der Waals surface area (Å²) in [6.45, 7) is 1.99. The smallest absolute Gasteiger partial charge is 0.261 e. The molecule has 2 aromatic heterocycles. The minimum atomic E-state index is -0.452. The van der Waals surface area contributed by atoms with Crippen molar-refractivity contribution in [3.63, 3.8) is 0 Å². The Labute approximate surface area is 191 Å². The van der Waals surface area contributed by atoms with Crippen LogP contribution >= 0.6 is 11.6 Å². The van der Waals surface area contributed by atoms with Gasteiger partial charge in [0.05, 0.1) is 11.7 Å². The Morgan fingerprint density at radius 1 is 1.03 bits per heavy atom. The Hall–Kier alpha value is -3.70. The van der Waals surface area contributed by atoms with E-state index in [0.717, 1.165) is 16.7 Å². The summed E-state index contributed by atoms with van der Waals surface area (Å²) in [6.07, 6.45) is 2.19. The molecule has 0 bridgehead atoms. The highest BCUT2D eigenvalue weighted by atomic mass is 35.5. The van der Waals surface area contributed by atoms with E-state index in [1.165, 1.54) is 0 Å². The summed E-state index contributed by atoms with van der Waals surface area (Å²) in [5.74, 6) is -0.452. The Kier molecular flexibility index (Phi) is 6.47. The van der Waals surface area contributed by atoms with Crippen molar-refractivity contribution in [3.8, 4) is 11.3 Å². The molecule has 2 N–H and O–H groups in total. The summed E-state index contributed by atoms with van der Waals surface area (Å²) < 4.78 is 0. The van der Waals surface area contributed by atoms with Gasteiger partial charge >= 0.3 is 0 Å². The minimum absolute atomic E-state index is 0.0541. The average molecular weight is 444 g/mol. The zero-order valence-electron chi connectivity index (χ0n) is 17.5. The highest BCUT2D eigenvalue weighted by Crippen LogP contribution is 2.20. The summed E-state index contributed by atoms with van der Waals surface area (Å²) >= 11 is 5.99. The number of aromatic nitrogens is 2. The number of amides is 1. The second-order valence-corrected chi connectivity index (χ2v) is 8.03. The number of carbonyl (C=O) groups is 1. The molecule has 32 heavy (non-hydrogen) atoms. The molecule has 4 rings (SSSR count). The molecule has 0 aliphatic heterocycles. The van der Waals surface area contributed by atoms with Gasteiger partial charge in [0, 0.05) is 16.9 Å². The molecule has 2 heterocycles. The van der Waals surface area contributed by atoms with Crippen LogP contribution in [0, 0.1) is 6.92 Å². The highest BCUT2D eigenvalue weighted by molar-refractivity contribution is 6.30. The van der Waals surface area contributed by atoms with Crippen molar-refractivity contribution in [1.29, 1.82) is 0 Å². The first-order valence-corrected chi connectivity index (χ1v) is 10.6. The van der Waals surface area contributed by atoms with Gasteiger partial charge in [0.25, 0.3) is 11.5 Å². The Balaban J connectivity index is 1.59. The Morgan fingerprint density at radius 3 is 2.53 bits per heavy atom. The zero-order chi connectivity index (χ0) is 22.5. The predicted molar refractivity (Wildman–Crippen MR) is 127 cm³/mol. The van der Waals surface area contributed by atoms with Gasteiger partial charge in [-0.1, -0.05) is 53.6 Å². The van der Waals surface area contributed by atoms with Crippen LogP contribution in [0.3, 0.4) is 0 Å². The molecule has 0 spiro atoms. The van der Waals surface area contributed by atoms with Gasteiger partial charge in [-0.2, -0.15) is 0 Å². The molecule has 0 aliphatic rings. The maximum Gasteiger partial charge on any atom is 0.261 e.